The van der Waals surface area contributed by atoms with Crippen LogP contribution < -0.4 is 11.1 Å². The normalized spacial score (nSPS) is 38.7. The van der Waals surface area contributed by atoms with E-state index in [1.165, 1.54) is 0 Å². The Kier molecular flexibility index (Phi) is 4.97. The highest BCUT2D eigenvalue weighted by Crippen LogP contribution is 2.34. The zero-order valence-electron chi connectivity index (χ0n) is 12.4. The van der Waals surface area contributed by atoms with Crippen LogP contribution in [0.4, 0.5) is 0 Å². The molecule has 1 saturated heterocycles. The Bertz CT molecular complexity index is 463. The van der Waals surface area contributed by atoms with E-state index in [4.69, 9.17) is 22.1 Å². The van der Waals surface area contributed by atoms with E-state index in [0.29, 0.717) is 0 Å². The highest BCUT2D eigenvalue weighted by atomic mass is 16.7. The first kappa shape index (κ1) is 17.0. The van der Waals surface area contributed by atoms with Gasteiger partial charge in [-0.15, -0.1) is 0 Å². The number of nitrogens with one attached hydrogen (secondary N) is 1. The largest absolute Gasteiger partial charge is 0.477 e. The van der Waals surface area contributed by atoms with Crippen LogP contribution in [0.15, 0.2) is 0 Å². The number of amides is 1. The molecule has 11 heteroatoms. The summed E-state index contributed by atoms with van der Waals surface area (Å²) in [6.45, 7) is -1.71. The molecule has 1 fully saturated rings. The van der Waals surface area contributed by atoms with Crippen LogP contribution in [-0.2, 0) is 14.3 Å². The standard InChI is InChI=1S/C11H20N2O9/c1-4(15)13-8-7(6(17)5(16)2-14)22-11(21,9(18)19)3-10(8,12)20/h5-8,14,16-17,20-21H,2-3,12H2,1H3,(H,13,15)(H,18,19)/t5-,6-,7+,8+,10+,11?/m1/s1/i1D. The molecular weight excluding hydrogens is 304 g/mol. The van der Waals surface area contributed by atoms with Crippen molar-refractivity contribution < 1.29 is 46.3 Å². The van der Waals surface area contributed by atoms with Gasteiger partial charge in [0.05, 0.1) is 13.0 Å². The Labute approximate surface area is 126 Å². The zero-order chi connectivity index (χ0) is 18.0. The van der Waals surface area contributed by atoms with Crippen LogP contribution in [-0.4, -0.2) is 85.0 Å². The van der Waals surface area contributed by atoms with Crippen molar-refractivity contribution in [3.8, 4) is 0 Å². The summed E-state index contributed by atoms with van der Waals surface area (Å²) in [5.41, 5.74) is 2.98. The molecule has 0 radical (unpaired) electrons. The third-order valence-corrected chi connectivity index (χ3v) is 3.29. The average Bonchev–Trinajstić information content (AvgIpc) is 2.47. The van der Waals surface area contributed by atoms with Gasteiger partial charge in [0, 0.05) is 8.27 Å². The average molecular weight is 325 g/mol. The monoisotopic (exact) mass is 325 g/mol. The SMILES string of the molecule is [2H]CC(=O)N[C@H]1[C@H]([C@H](O)[C@H](O)CO)OC(O)(C(=O)O)C[C@]1(N)O. The molecule has 1 rings (SSSR count). The van der Waals surface area contributed by atoms with Gasteiger partial charge in [-0.3, -0.25) is 4.79 Å². The minimum atomic E-state index is -2.99. The second-order valence-corrected chi connectivity index (χ2v) is 5.13. The number of hydrogen-bond acceptors (Lipinski definition) is 9. The van der Waals surface area contributed by atoms with Gasteiger partial charge >= 0.3 is 5.97 Å². The van der Waals surface area contributed by atoms with E-state index >= 15 is 0 Å². The van der Waals surface area contributed by atoms with Crippen LogP contribution in [0.3, 0.4) is 0 Å². The number of aliphatic hydroxyl groups excluding tert-OH is 3. The van der Waals surface area contributed by atoms with Crippen LogP contribution in [0.2, 0.25) is 0 Å². The lowest BCUT2D eigenvalue weighted by molar-refractivity contribution is -0.312. The maximum Gasteiger partial charge on any atom is 0.364 e. The van der Waals surface area contributed by atoms with Crippen molar-refractivity contribution in [3.05, 3.63) is 0 Å². The minimum Gasteiger partial charge on any atom is -0.477 e. The molecule has 22 heavy (non-hydrogen) atoms. The molecule has 128 valence electrons. The van der Waals surface area contributed by atoms with E-state index in [1.807, 2.05) is 0 Å². The Morgan fingerprint density at radius 1 is 1.50 bits per heavy atom. The van der Waals surface area contributed by atoms with Crippen molar-refractivity contribution in [1.29, 1.82) is 0 Å². The zero-order valence-corrected chi connectivity index (χ0v) is 11.4. The predicted octanol–water partition coefficient (Wildman–Crippen LogP) is -4.59. The number of ether oxygens (including phenoxy) is 1. The molecule has 0 bridgehead atoms. The highest BCUT2D eigenvalue weighted by molar-refractivity contribution is 5.76. The van der Waals surface area contributed by atoms with Gasteiger partial charge in [0.15, 0.2) is 0 Å². The second-order valence-electron chi connectivity index (χ2n) is 5.13. The number of carbonyl (C=O) groups is 2. The summed E-state index contributed by atoms with van der Waals surface area (Å²) >= 11 is 0. The topological polar surface area (TPSA) is 203 Å². The van der Waals surface area contributed by atoms with Gasteiger partial charge in [-0.25, -0.2) is 4.79 Å². The summed E-state index contributed by atoms with van der Waals surface area (Å²) in [7, 11) is 0. The fourth-order valence-electron chi connectivity index (χ4n) is 2.21. The van der Waals surface area contributed by atoms with Crippen LogP contribution in [0.1, 0.15) is 14.7 Å². The first-order chi connectivity index (χ1) is 10.5. The third-order valence-electron chi connectivity index (χ3n) is 3.29. The Hall–Kier alpha value is -1.34. The Morgan fingerprint density at radius 2 is 2.09 bits per heavy atom. The fraction of sp³-hybridized carbons (Fsp3) is 0.818. The van der Waals surface area contributed by atoms with Gasteiger partial charge in [-0.1, -0.05) is 0 Å². The molecule has 0 aromatic heterocycles. The summed E-state index contributed by atoms with van der Waals surface area (Å²) in [6.07, 6.45) is -6.77. The van der Waals surface area contributed by atoms with Gasteiger partial charge in [-0.2, -0.15) is 0 Å². The van der Waals surface area contributed by atoms with E-state index in [9.17, 15) is 30.0 Å². The summed E-state index contributed by atoms with van der Waals surface area (Å²) in [5, 5.41) is 59.4. The maximum atomic E-state index is 11.4. The second kappa shape index (κ2) is 6.42. The molecule has 1 amide bonds. The number of aliphatic hydroxyl groups is 5. The van der Waals surface area contributed by atoms with Gasteiger partial charge in [-0.05, 0) is 0 Å². The lowest BCUT2D eigenvalue weighted by atomic mass is 9.84. The van der Waals surface area contributed by atoms with Crippen LogP contribution in [0.5, 0.6) is 0 Å². The van der Waals surface area contributed by atoms with Gasteiger partial charge in [0.25, 0.3) is 5.79 Å². The van der Waals surface area contributed by atoms with Crippen molar-refractivity contribution in [2.24, 2.45) is 5.73 Å². The quantitative estimate of drug-likeness (QED) is 0.227. The van der Waals surface area contributed by atoms with Gasteiger partial charge in [0.2, 0.25) is 5.91 Å². The number of carboxylic acid groups (broad SMARTS) is 1. The van der Waals surface area contributed by atoms with Crippen molar-refractivity contribution >= 4 is 11.9 Å². The molecular formula is C11H20N2O9. The first-order valence-electron chi connectivity index (χ1n) is 6.89. The van der Waals surface area contributed by atoms with Gasteiger partial charge in [0.1, 0.15) is 30.1 Å². The number of aliphatic carboxylic acids is 1. The van der Waals surface area contributed by atoms with Gasteiger partial charge < -0.3 is 46.4 Å². The molecule has 0 spiro atoms. The number of hydrogen-bond donors (Lipinski definition) is 8. The molecule has 0 aliphatic carbocycles. The molecule has 1 heterocycles. The molecule has 0 aromatic carbocycles. The van der Waals surface area contributed by atoms with Crippen LogP contribution >= 0.6 is 0 Å². The minimum absolute atomic E-state index is 0.763. The smallest absolute Gasteiger partial charge is 0.364 e. The lowest BCUT2D eigenvalue weighted by Crippen LogP contribution is -2.75. The molecule has 0 saturated carbocycles. The first-order valence-corrected chi connectivity index (χ1v) is 6.19. The Balaban J connectivity index is 3.22. The number of carboxylic acids is 1. The summed E-state index contributed by atoms with van der Waals surface area (Å²) in [4.78, 5) is 22.5. The van der Waals surface area contributed by atoms with Crippen molar-refractivity contribution in [2.45, 2.75) is 49.2 Å². The van der Waals surface area contributed by atoms with Crippen LogP contribution in [0.25, 0.3) is 0 Å². The van der Waals surface area contributed by atoms with Crippen molar-refractivity contribution in [1.82, 2.24) is 5.32 Å². The number of carbonyl (C=O) groups excluding carboxylic acids is 1. The van der Waals surface area contributed by atoms with Crippen LogP contribution in [0, 0.1) is 0 Å². The summed E-state index contributed by atoms with van der Waals surface area (Å²) in [5.74, 6) is -5.84. The van der Waals surface area contributed by atoms with E-state index in [2.05, 4.69) is 5.32 Å². The Morgan fingerprint density at radius 3 is 2.55 bits per heavy atom. The highest BCUT2D eigenvalue weighted by Gasteiger charge is 2.59. The third kappa shape index (κ3) is 3.70. The molecule has 1 aliphatic heterocycles. The summed E-state index contributed by atoms with van der Waals surface area (Å²) < 4.78 is 11.8. The molecule has 1 unspecified atom stereocenters. The molecule has 6 atom stereocenters. The molecule has 1 aliphatic rings. The van der Waals surface area contributed by atoms with E-state index in [0.717, 1.165) is 0 Å². The van der Waals surface area contributed by atoms with E-state index in [1.54, 1.807) is 0 Å². The van der Waals surface area contributed by atoms with E-state index in [-0.39, 0.29) is 0 Å². The fourth-order valence-corrected chi connectivity index (χ4v) is 2.21. The molecule has 11 nitrogen and oxygen atoms in total. The maximum absolute atomic E-state index is 11.4. The van der Waals surface area contributed by atoms with Crippen molar-refractivity contribution in [2.75, 3.05) is 6.61 Å². The number of nitrogens with two attached hydrogens (primary N) is 1. The molecule has 0 aromatic rings. The number of rotatable bonds is 5. The molecule has 9 N–H and O–H groups in total. The summed E-state index contributed by atoms with van der Waals surface area (Å²) in [6, 6.07) is -1.66. The predicted molar refractivity (Wildman–Crippen MR) is 67.9 cm³/mol. The lowest BCUT2D eigenvalue weighted by Gasteiger charge is -2.49. The van der Waals surface area contributed by atoms with Crippen molar-refractivity contribution in [3.63, 3.8) is 0 Å². The van der Waals surface area contributed by atoms with E-state index < -0.39 is 67.7 Å².